The zero-order chi connectivity index (χ0) is 6.69. The number of hydrogen-bond acceptors (Lipinski definition) is 0. The van der Waals surface area contributed by atoms with Crippen molar-refractivity contribution in [3.8, 4) is 0 Å². The molecule has 0 unspecified atom stereocenters. The van der Waals surface area contributed by atoms with Crippen molar-refractivity contribution in [2.75, 3.05) is 0 Å². The molecule has 1 fully saturated rings. The Kier molecular flexibility index (Phi) is 2.32. The van der Waals surface area contributed by atoms with Gasteiger partial charge in [0, 0.05) is 0 Å². The third kappa shape index (κ3) is 3.34. The van der Waals surface area contributed by atoms with Gasteiger partial charge in [-0.25, -0.2) is 0 Å². The van der Waals surface area contributed by atoms with Crippen molar-refractivity contribution in [1.82, 2.24) is 0 Å². The Bertz CT molecular complexity index is 103. The molecule has 0 heteroatoms. The highest BCUT2D eigenvalue weighted by Gasteiger charge is 2.08. The van der Waals surface area contributed by atoms with Crippen molar-refractivity contribution in [3.05, 3.63) is 11.6 Å². The third-order valence-corrected chi connectivity index (χ3v) is 1.72. The molecule has 52 valence electrons. The first-order chi connectivity index (χ1) is 4.29. The summed E-state index contributed by atoms with van der Waals surface area (Å²) >= 11 is 0. The van der Waals surface area contributed by atoms with E-state index in [4.69, 9.17) is 0 Å². The molecule has 0 aromatic heterocycles. The van der Waals surface area contributed by atoms with E-state index in [0.717, 1.165) is 5.92 Å². The molecule has 0 nitrogen and oxygen atoms in total. The molecule has 0 aromatic rings. The lowest BCUT2D eigenvalue weighted by atomic mass is 10.1. The maximum Gasteiger partial charge on any atom is -0.0283 e. The van der Waals surface area contributed by atoms with Gasteiger partial charge in [0.1, 0.15) is 0 Å². The smallest absolute Gasteiger partial charge is 0.0283 e. The van der Waals surface area contributed by atoms with Gasteiger partial charge in [-0.3, -0.25) is 0 Å². The molecule has 9 heavy (non-hydrogen) atoms. The Labute approximate surface area is 58.0 Å². The molecule has 1 aliphatic rings. The molecule has 0 aliphatic heterocycles. The van der Waals surface area contributed by atoms with Gasteiger partial charge in [0.15, 0.2) is 0 Å². The van der Waals surface area contributed by atoms with Crippen LogP contribution in [0.2, 0.25) is 0 Å². The van der Waals surface area contributed by atoms with E-state index < -0.39 is 0 Å². The third-order valence-electron chi connectivity index (χ3n) is 1.72. The summed E-state index contributed by atoms with van der Waals surface area (Å²) in [4.78, 5) is 0. The van der Waals surface area contributed by atoms with Gasteiger partial charge in [-0.05, 0) is 31.6 Å². The fourth-order valence-corrected chi connectivity index (χ4v) is 0.897. The van der Waals surface area contributed by atoms with Gasteiger partial charge in [-0.1, -0.05) is 25.5 Å². The number of rotatable bonds is 3. The van der Waals surface area contributed by atoms with E-state index in [2.05, 4.69) is 19.9 Å². The van der Waals surface area contributed by atoms with E-state index in [1.165, 1.54) is 25.7 Å². The van der Waals surface area contributed by atoms with Crippen LogP contribution >= 0.6 is 0 Å². The molecule has 1 saturated carbocycles. The SMILES string of the molecule is CC(C)CCC=C1CC1. The molecule has 0 bridgehead atoms. The van der Waals surface area contributed by atoms with E-state index in [9.17, 15) is 0 Å². The molecule has 1 rings (SSSR count). The summed E-state index contributed by atoms with van der Waals surface area (Å²) in [6, 6.07) is 0. The van der Waals surface area contributed by atoms with E-state index in [-0.39, 0.29) is 0 Å². The van der Waals surface area contributed by atoms with E-state index >= 15 is 0 Å². The molecule has 0 spiro atoms. The topological polar surface area (TPSA) is 0 Å². The van der Waals surface area contributed by atoms with Crippen molar-refractivity contribution >= 4 is 0 Å². The van der Waals surface area contributed by atoms with Gasteiger partial charge in [0.2, 0.25) is 0 Å². The summed E-state index contributed by atoms with van der Waals surface area (Å²) in [5, 5.41) is 0. The van der Waals surface area contributed by atoms with Gasteiger partial charge in [-0.15, -0.1) is 0 Å². The van der Waals surface area contributed by atoms with Crippen LogP contribution in [0.15, 0.2) is 11.6 Å². The Morgan fingerprint density at radius 2 is 2.11 bits per heavy atom. The van der Waals surface area contributed by atoms with Crippen LogP contribution < -0.4 is 0 Å². The minimum absolute atomic E-state index is 0.876. The van der Waals surface area contributed by atoms with Crippen LogP contribution in [-0.4, -0.2) is 0 Å². The van der Waals surface area contributed by atoms with E-state index in [1.807, 2.05) is 0 Å². The Morgan fingerprint density at radius 3 is 2.56 bits per heavy atom. The van der Waals surface area contributed by atoms with Gasteiger partial charge in [-0.2, -0.15) is 0 Å². The predicted octanol–water partition coefficient (Wildman–Crippen LogP) is 3.14. The Hall–Kier alpha value is -0.260. The summed E-state index contributed by atoms with van der Waals surface area (Å²) in [6.45, 7) is 4.57. The highest BCUT2D eigenvalue weighted by atomic mass is 14.1. The van der Waals surface area contributed by atoms with E-state index in [0.29, 0.717) is 0 Å². The summed E-state index contributed by atoms with van der Waals surface area (Å²) in [6.07, 6.45) is 7.87. The molecule has 0 heterocycles. The van der Waals surface area contributed by atoms with Crippen LogP contribution in [0.1, 0.15) is 39.5 Å². The van der Waals surface area contributed by atoms with Crippen molar-refractivity contribution in [2.24, 2.45) is 5.92 Å². The van der Waals surface area contributed by atoms with Crippen molar-refractivity contribution < 1.29 is 0 Å². The lowest BCUT2D eigenvalue weighted by Gasteiger charge is -1.97. The minimum Gasteiger partial charge on any atom is -0.0853 e. The minimum atomic E-state index is 0.876. The van der Waals surface area contributed by atoms with Crippen LogP contribution in [-0.2, 0) is 0 Å². The van der Waals surface area contributed by atoms with Crippen molar-refractivity contribution in [1.29, 1.82) is 0 Å². The fraction of sp³-hybridized carbons (Fsp3) is 0.778. The van der Waals surface area contributed by atoms with Crippen molar-refractivity contribution in [3.63, 3.8) is 0 Å². The highest BCUT2D eigenvalue weighted by molar-refractivity contribution is 5.15. The van der Waals surface area contributed by atoms with Gasteiger partial charge >= 0.3 is 0 Å². The maximum absolute atomic E-state index is 2.42. The molecule has 0 saturated heterocycles. The normalized spacial score (nSPS) is 16.6. The first kappa shape index (κ1) is 6.85. The Morgan fingerprint density at radius 1 is 1.44 bits per heavy atom. The molecule has 0 N–H and O–H groups in total. The van der Waals surface area contributed by atoms with Crippen LogP contribution in [0.3, 0.4) is 0 Å². The summed E-state index contributed by atoms with van der Waals surface area (Å²) < 4.78 is 0. The molecular weight excluding hydrogens is 108 g/mol. The first-order valence-corrected chi connectivity index (χ1v) is 3.97. The highest BCUT2D eigenvalue weighted by Crippen LogP contribution is 2.28. The largest absolute Gasteiger partial charge is 0.0853 e. The van der Waals surface area contributed by atoms with Gasteiger partial charge in [0.25, 0.3) is 0 Å². The number of allylic oxidation sites excluding steroid dienone is 2. The van der Waals surface area contributed by atoms with Crippen molar-refractivity contribution in [2.45, 2.75) is 39.5 Å². The van der Waals surface area contributed by atoms with E-state index in [1.54, 1.807) is 5.57 Å². The standard InChI is InChI=1S/C9H16/c1-8(2)4-3-5-9-6-7-9/h5,8H,3-4,6-7H2,1-2H3. The average Bonchev–Trinajstić information content (AvgIpc) is 2.48. The second-order valence-corrected chi connectivity index (χ2v) is 3.33. The molecular formula is C9H16. The van der Waals surface area contributed by atoms with Crippen LogP contribution in [0.4, 0.5) is 0 Å². The quantitative estimate of drug-likeness (QED) is 0.507. The van der Waals surface area contributed by atoms with Crippen LogP contribution in [0.5, 0.6) is 0 Å². The molecule has 0 amide bonds. The molecule has 1 aliphatic carbocycles. The first-order valence-electron chi connectivity index (χ1n) is 3.97. The van der Waals surface area contributed by atoms with Gasteiger partial charge in [0.05, 0.1) is 0 Å². The lowest BCUT2D eigenvalue weighted by molar-refractivity contribution is 0.594. The van der Waals surface area contributed by atoms with Gasteiger partial charge < -0.3 is 0 Å². The average molecular weight is 124 g/mol. The zero-order valence-corrected chi connectivity index (χ0v) is 6.48. The fourth-order valence-electron chi connectivity index (χ4n) is 0.897. The maximum atomic E-state index is 2.42. The second kappa shape index (κ2) is 3.05. The lowest BCUT2D eigenvalue weighted by Crippen LogP contribution is -1.83. The van der Waals surface area contributed by atoms with Crippen LogP contribution in [0.25, 0.3) is 0 Å². The van der Waals surface area contributed by atoms with Crippen LogP contribution in [0, 0.1) is 5.92 Å². The monoisotopic (exact) mass is 124 g/mol. The number of hydrogen-bond donors (Lipinski definition) is 0. The summed E-state index contributed by atoms with van der Waals surface area (Å²) in [5.74, 6) is 0.876. The second-order valence-electron chi connectivity index (χ2n) is 3.33. The summed E-state index contributed by atoms with van der Waals surface area (Å²) in [7, 11) is 0. The molecule has 0 atom stereocenters. The Balaban J connectivity index is 1.99. The predicted molar refractivity (Wildman–Crippen MR) is 41.4 cm³/mol. The zero-order valence-electron chi connectivity index (χ0n) is 6.48. The molecule has 0 radical (unpaired) electrons. The summed E-state index contributed by atoms with van der Waals surface area (Å²) in [5.41, 5.74) is 1.69. The molecule has 0 aromatic carbocycles.